The molecule has 1 fully saturated rings. The second-order valence-electron chi connectivity index (χ2n) is 8.43. The molecule has 0 spiro atoms. The van der Waals surface area contributed by atoms with E-state index in [1.165, 1.54) is 24.3 Å². The van der Waals surface area contributed by atoms with Gasteiger partial charge in [0.1, 0.15) is 5.82 Å². The second kappa shape index (κ2) is 7.32. The van der Waals surface area contributed by atoms with Gasteiger partial charge in [-0.05, 0) is 74.7 Å². The Bertz CT molecular complexity index is 1360. The summed E-state index contributed by atoms with van der Waals surface area (Å²) in [6, 6.07) is 3.30. The van der Waals surface area contributed by atoms with Crippen LogP contribution in [0.1, 0.15) is 71.1 Å². The van der Waals surface area contributed by atoms with Gasteiger partial charge >= 0.3 is 0 Å². The number of halogens is 1. The third-order valence-electron chi connectivity index (χ3n) is 6.34. The fourth-order valence-electron chi connectivity index (χ4n) is 4.71. The molecular formula is C23H21FN4O2S. The van der Waals surface area contributed by atoms with E-state index in [4.69, 9.17) is 5.53 Å². The first-order chi connectivity index (χ1) is 14.9. The minimum atomic E-state index is -0.468. The van der Waals surface area contributed by atoms with Crippen LogP contribution < -0.4 is 5.43 Å². The van der Waals surface area contributed by atoms with Crippen molar-refractivity contribution in [1.82, 2.24) is 4.57 Å². The number of nitrogens with zero attached hydrogens (tertiary/aromatic N) is 4. The highest BCUT2D eigenvalue weighted by molar-refractivity contribution is 7.15. The zero-order chi connectivity index (χ0) is 21.9. The lowest BCUT2D eigenvalue weighted by molar-refractivity contribution is 0.101. The number of rotatable bonds is 4. The van der Waals surface area contributed by atoms with Crippen LogP contribution >= 0.6 is 11.3 Å². The zero-order valence-electron chi connectivity index (χ0n) is 17.3. The average Bonchev–Trinajstić information content (AvgIpc) is 3.48. The highest BCUT2D eigenvalue weighted by atomic mass is 32.1. The van der Waals surface area contributed by atoms with Gasteiger partial charge in [0.15, 0.2) is 11.2 Å². The van der Waals surface area contributed by atoms with E-state index in [-0.39, 0.29) is 28.8 Å². The Hall–Kier alpha value is -2.96. The van der Waals surface area contributed by atoms with Crippen molar-refractivity contribution < 1.29 is 9.18 Å². The van der Waals surface area contributed by atoms with Crippen LogP contribution in [0.25, 0.3) is 31.8 Å². The lowest BCUT2D eigenvalue weighted by Gasteiger charge is -2.17. The molecule has 0 radical (unpaired) electrons. The molecule has 1 saturated carbocycles. The SMILES string of the molecule is CC(=O)c1cn(C2CC2)c2c(C)c(-c3cc4c(s3)C(N=[N+]=[N-])CCC4)c(F)cc2c1=O. The van der Waals surface area contributed by atoms with E-state index in [0.29, 0.717) is 16.6 Å². The van der Waals surface area contributed by atoms with Crippen LogP contribution in [-0.4, -0.2) is 10.4 Å². The van der Waals surface area contributed by atoms with Crippen LogP contribution in [0, 0.1) is 12.7 Å². The maximum Gasteiger partial charge on any atom is 0.200 e. The molecule has 6 nitrogen and oxygen atoms in total. The lowest BCUT2D eigenvalue weighted by Crippen LogP contribution is -2.18. The number of fused-ring (bicyclic) bond motifs is 2. The molecule has 2 aliphatic rings. The summed E-state index contributed by atoms with van der Waals surface area (Å²) >= 11 is 1.47. The van der Waals surface area contributed by atoms with E-state index in [0.717, 1.165) is 47.4 Å². The predicted octanol–water partition coefficient (Wildman–Crippen LogP) is 6.40. The number of pyridine rings is 1. The molecule has 158 valence electrons. The Morgan fingerprint density at radius 2 is 2.10 bits per heavy atom. The molecule has 2 aliphatic carbocycles. The number of thiophene rings is 1. The molecule has 8 heteroatoms. The van der Waals surface area contributed by atoms with Crippen molar-refractivity contribution in [3.05, 3.63) is 66.4 Å². The van der Waals surface area contributed by atoms with Crippen LogP contribution in [-0.2, 0) is 6.42 Å². The van der Waals surface area contributed by atoms with Crippen LogP contribution in [0.2, 0.25) is 0 Å². The number of carbonyl (C=O) groups excluding carboxylic acids is 1. The number of Topliss-reactive ketones (excluding diaryl/α,β-unsaturated/α-hetero) is 1. The molecule has 1 atom stereocenters. The van der Waals surface area contributed by atoms with Crippen molar-refractivity contribution in [1.29, 1.82) is 0 Å². The predicted molar refractivity (Wildman–Crippen MR) is 119 cm³/mol. The van der Waals surface area contributed by atoms with E-state index in [9.17, 15) is 9.59 Å². The van der Waals surface area contributed by atoms with E-state index in [1.54, 1.807) is 6.20 Å². The smallest absolute Gasteiger partial charge is 0.200 e. The third-order valence-corrected chi connectivity index (χ3v) is 7.63. The van der Waals surface area contributed by atoms with E-state index in [1.807, 2.05) is 17.6 Å². The summed E-state index contributed by atoms with van der Waals surface area (Å²) in [5, 5.41) is 4.19. The molecule has 1 aromatic carbocycles. The highest BCUT2D eigenvalue weighted by Crippen LogP contribution is 2.45. The first kappa shape index (κ1) is 20.0. The van der Waals surface area contributed by atoms with Gasteiger partial charge in [-0.3, -0.25) is 9.59 Å². The summed E-state index contributed by atoms with van der Waals surface area (Å²) in [5.41, 5.74) is 11.6. The fraction of sp³-hybridized carbons (Fsp3) is 0.391. The molecule has 1 unspecified atom stereocenters. The van der Waals surface area contributed by atoms with Crippen molar-refractivity contribution in [3.8, 4) is 10.4 Å². The average molecular weight is 437 g/mol. The maximum absolute atomic E-state index is 15.4. The number of benzene rings is 1. The van der Waals surface area contributed by atoms with Gasteiger partial charge in [0.2, 0.25) is 0 Å². The molecule has 0 aliphatic heterocycles. The maximum atomic E-state index is 15.4. The number of hydrogen-bond acceptors (Lipinski definition) is 4. The Morgan fingerprint density at radius 1 is 1.32 bits per heavy atom. The van der Waals surface area contributed by atoms with E-state index < -0.39 is 11.2 Å². The summed E-state index contributed by atoms with van der Waals surface area (Å²) in [6.07, 6.45) is 6.21. The van der Waals surface area contributed by atoms with Gasteiger partial charge in [0, 0.05) is 37.9 Å². The highest BCUT2D eigenvalue weighted by Gasteiger charge is 2.29. The zero-order valence-corrected chi connectivity index (χ0v) is 18.1. The lowest BCUT2D eigenvalue weighted by atomic mass is 9.94. The number of aromatic nitrogens is 1. The number of hydrogen-bond donors (Lipinski definition) is 0. The quantitative estimate of drug-likeness (QED) is 0.205. The Kier molecular flexibility index (Phi) is 4.72. The number of carbonyl (C=O) groups is 1. The second-order valence-corrected chi connectivity index (χ2v) is 9.52. The summed E-state index contributed by atoms with van der Waals surface area (Å²) in [4.78, 5) is 29.7. The first-order valence-electron chi connectivity index (χ1n) is 10.5. The van der Waals surface area contributed by atoms with Crippen molar-refractivity contribution >= 4 is 28.0 Å². The molecular weight excluding hydrogens is 415 g/mol. The minimum Gasteiger partial charge on any atom is -0.343 e. The molecule has 0 saturated heterocycles. The topological polar surface area (TPSA) is 87.8 Å². The van der Waals surface area contributed by atoms with Crippen LogP contribution in [0.4, 0.5) is 4.39 Å². The molecule has 2 heterocycles. The van der Waals surface area contributed by atoms with Crippen LogP contribution in [0.3, 0.4) is 0 Å². The standard InChI is InChI=1S/C23H21FN4O2S/c1-11-20(19-8-13-4-3-5-18(26-27-25)23(13)31-19)17(24)9-15-21(11)28(14-6-7-14)10-16(12(2)29)22(15)30/h8-10,14,18H,3-7H2,1-2H3. The van der Waals surface area contributed by atoms with Gasteiger partial charge < -0.3 is 4.57 Å². The number of aryl methyl sites for hydroxylation is 2. The summed E-state index contributed by atoms with van der Waals surface area (Å²) in [5.74, 6) is -0.775. The van der Waals surface area contributed by atoms with Gasteiger partial charge in [-0.15, -0.1) is 11.3 Å². The first-order valence-corrected chi connectivity index (χ1v) is 11.3. The van der Waals surface area contributed by atoms with Crippen molar-refractivity contribution in [2.45, 2.75) is 58.0 Å². The monoisotopic (exact) mass is 436 g/mol. The van der Waals surface area contributed by atoms with Gasteiger partial charge in [-0.1, -0.05) is 5.11 Å². The van der Waals surface area contributed by atoms with E-state index >= 15 is 4.39 Å². The van der Waals surface area contributed by atoms with Gasteiger partial charge in [-0.2, -0.15) is 0 Å². The summed E-state index contributed by atoms with van der Waals surface area (Å²) in [7, 11) is 0. The fourth-order valence-corrected chi connectivity index (χ4v) is 6.09. The van der Waals surface area contributed by atoms with Crippen molar-refractivity contribution in [3.63, 3.8) is 0 Å². The third kappa shape index (κ3) is 3.18. The molecule has 31 heavy (non-hydrogen) atoms. The molecule has 3 aromatic rings. The molecule has 2 aromatic heterocycles. The van der Waals surface area contributed by atoms with Crippen LogP contribution in [0.5, 0.6) is 0 Å². The molecule has 0 bridgehead atoms. The van der Waals surface area contributed by atoms with Gasteiger partial charge in [-0.25, -0.2) is 4.39 Å². The van der Waals surface area contributed by atoms with Crippen molar-refractivity contribution in [2.75, 3.05) is 0 Å². The van der Waals surface area contributed by atoms with Crippen molar-refractivity contribution in [2.24, 2.45) is 5.11 Å². The summed E-state index contributed by atoms with van der Waals surface area (Å²) < 4.78 is 17.4. The number of azide groups is 1. The Balaban J connectivity index is 1.78. The number of ketones is 1. The normalized spacial score (nSPS) is 18.0. The molecule has 0 N–H and O–H groups in total. The Morgan fingerprint density at radius 3 is 2.77 bits per heavy atom. The molecule has 5 rings (SSSR count). The molecule has 0 amide bonds. The van der Waals surface area contributed by atoms with E-state index in [2.05, 4.69) is 10.0 Å². The summed E-state index contributed by atoms with van der Waals surface area (Å²) in [6.45, 7) is 3.21. The van der Waals surface area contributed by atoms with Gasteiger partial charge in [0.05, 0.1) is 17.1 Å². The Labute approximate surface area is 182 Å². The van der Waals surface area contributed by atoms with Crippen LogP contribution in [0.15, 0.2) is 28.2 Å². The minimum absolute atomic E-state index is 0.106. The van der Waals surface area contributed by atoms with Gasteiger partial charge in [0.25, 0.3) is 0 Å². The largest absolute Gasteiger partial charge is 0.343 e.